The van der Waals surface area contributed by atoms with Gasteiger partial charge in [0.05, 0.1) is 0 Å². The second kappa shape index (κ2) is 12.0. The molecule has 0 bridgehead atoms. The second-order valence-corrected chi connectivity index (χ2v) is 13.7. The highest BCUT2D eigenvalue weighted by Crippen LogP contribution is 2.46. The lowest BCUT2D eigenvalue weighted by molar-refractivity contribution is 0.687. The lowest BCUT2D eigenvalue weighted by Crippen LogP contribution is -2.09. The van der Waals surface area contributed by atoms with Crippen LogP contribution in [0.3, 0.4) is 0 Å². The third-order valence-corrected chi connectivity index (χ3v) is 10.2. The quantitative estimate of drug-likeness (QED) is 0.161. The van der Waals surface area contributed by atoms with Crippen LogP contribution in [0.5, 0.6) is 0 Å². The molecule has 3 heteroatoms. The lowest BCUT2D eigenvalue weighted by atomic mass is 9.81. The monoisotopic (exact) mass is 707 g/mol. The first kappa shape index (κ1) is 28.3. The van der Waals surface area contributed by atoms with Crippen molar-refractivity contribution in [3.63, 3.8) is 0 Å². The fourth-order valence-electron chi connectivity index (χ4n) is 7.15. The molecule has 7 aromatic carbocycles. The van der Waals surface area contributed by atoms with Crippen molar-refractivity contribution in [1.82, 2.24) is 0 Å². The van der Waals surface area contributed by atoms with Crippen molar-refractivity contribution in [3.8, 4) is 22.3 Å². The summed E-state index contributed by atoms with van der Waals surface area (Å²) in [4.78, 5) is 2.31. The van der Waals surface area contributed by atoms with E-state index in [1.807, 2.05) is 0 Å². The molecular weight excluding hydrogens is 678 g/mol. The Hall–Kier alpha value is -4.18. The maximum Gasteiger partial charge on any atom is 0.0462 e. The fourth-order valence-corrected chi connectivity index (χ4v) is 7.68. The Morgan fingerprint density at radius 3 is 1.42 bits per heavy atom. The Kier molecular flexibility index (Phi) is 7.53. The highest BCUT2D eigenvalue weighted by Gasteiger charge is 2.21. The SMILES string of the molecule is Brc1ccc(N(c2ccc(Br)cc2)c2ccc(-c3c4ccccc4c(-c4cccc5c4CCCC5)c4ccccc34)cc2)cc1. The molecule has 7 aromatic rings. The largest absolute Gasteiger partial charge is 0.311 e. The molecule has 0 heterocycles. The molecule has 0 spiro atoms. The van der Waals surface area contributed by atoms with E-state index in [1.165, 1.54) is 74.2 Å². The zero-order valence-corrected chi connectivity index (χ0v) is 28.0. The Labute approximate surface area is 281 Å². The number of nitrogens with zero attached hydrogens (tertiary/aromatic N) is 1. The Bertz CT molecular complexity index is 2060. The molecule has 0 aromatic heterocycles. The number of aryl methyl sites for hydroxylation is 1. The van der Waals surface area contributed by atoms with Crippen LogP contribution >= 0.6 is 31.9 Å². The van der Waals surface area contributed by atoms with E-state index in [4.69, 9.17) is 0 Å². The van der Waals surface area contributed by atoms with Crippen LogP contribution in [0.2, 0.25) is 0 Å². The first-order chi connectivity index (χ1) is 22.2. The van der Waals surface area contributed by atoms with Crippen molar-refractivity contribution >= 4 is 70.5 Å². The topological polar surface area (TPSA) is 3.24 Å². The van der Waals surface area contributed by atoms with Gasteiger partial charge in [0.1, 0.15) is 0 Å². The molecule has 0 unspecified atom stereocenters. The van der Waals surface area contributed by atoms with Gasteiger partial charge < -0.3 is 4.90 Å². The van der Waals surface area contributed by atoms with Crippen LogP contribution in [0.4, 0.5) is 17.1 Å². The van der Waals surface area contributed by atoms with Gasteiger partial charge in [0.15, 0.2) is 0 Å². The first-order valence-corrected chi connectivity index (χ1v) is 17.2. The summed E-state index contributed by atoms with van der Waals surface area (Å²) in [5.74, 6) is 0. The van der Waals surface area contributed by atoms with Gasteiger partial charge in [-0.2, -0.15) is 0 Å². The molecule has 1 aliphatic rings. The van der Waals surface area contributed by atoms with E-state index >= 15 is 0 Å². The number of rotatable bonds is 5. The van der Waals surface area contributed by atoms with Gasteiger partial charge in [0.2, 0.25) is 0 Å². The molecular formula is C42H31Br2N. The van der Waals surface area contributed by atoms with Crippen LogP contribution in [0, 0.1) is 0 Å². The van der Waals surface area contributed by atoms with Crippen molar-refractivity contribution in [2.24, 2.45) is 0 Å². The normalized spacial score (nSPS) is 12.8. The summed E-state index contributed by atoms with van der Waals surface area (Å²) >= 11 is 7.21. The van der Waals surface area contributed by atoms with E-state index in [1.54, 1.807) is 0 Å². The summed E-state index contributed by atoms with van der Waals surface area (Å²) in [5, 5.41) is 5.23. The van der Waals surface area contributed by atoms with Gasteiger partial charge in [-0.05, 0) is 141 Å². The van der Waals surface area contributed by atoms with Gasteiger partial charge in [-0.25, -0.2) is 0 Å². The fraction of sp³-hybridized carbons (Fsp3) is 0.0952. The van der Waals surface area contributed by atoms with E-state index in [9.17, 15) is 0 Å². The Balaban J connectivity index is 1.31. The summed E-state index contributed by atoms with van der Waals surface area (Å²) < 4.78 is 2.13. The van der Waals surface area contributed by atoms with Crippen LogP contribution in [0.1, 0.15) is 24.0 Å². The number of anilines is 3. The third-order valence-electron chi connectivity index (χ3n) is 9.18. The maximum absolute atomic E-state index is 3.60. The molecule has 45 heavy (non-hydrogen) atoms. The van der Waals surface area contributed by atoms with Crippen molar-refractivity contribution < 1.29 is 0 Å². The lowest BCUT2D eigenvalue weighted by Gasteiger charge is -2.26. The third kappa shape index (κ3) is 5.18. The van der Waals surface area contributed by atoms with E-state index in [-0.39, 0.29) is 0 Å². The molecule has 218 valence electrons. The summed E-state index contributed by atoms with van der Waals surface area (Å²) in [6.45, 7) is 0. The highest BCUT2D eigenvalue weighted by atomic mass is 79.9. The van der Waals surface area contributed by atoms with Gasteiger partial charge in [0.25, 0.3) is 0 Å². The van der Waals surface area contributed by atoms with Crippen LogP contribution < -0.4 is 4.90 Å². The molecule has 0 fully saturated rings. The van der Waals surface area contributed by atoms with Gasteiger partial charge in [-0.3, -0.25) is 0 Å². The van der Waals surface area contributed by atoms with Crippen molar-refractivity contribution in [2.45, 2.75) is 25.7 Å². The molecule has 0 N–H and O–H groups in total. The van der Waals surface area contributed by atoms with Crippen LogP contribution in [-0.2, 0) is 12.8 Å². The minimum Gasteiger partial charge on any atom is -0.311 e. The zero-order chi connectivity index (χ0) is 30.3. The van der Waals surface area contributed by atoms with E-state index in [0.717, 1.165) is 32.4 Å². The number of benzene rings is 7. The predicted molar refractivity (Wildman–Crippen MR) is 199 cm³/mol. The predicted octanol–water partition coefficient (Wildman–Crippen LogP) is 13.2. The minimum absolute atomic E-state index is 1.07. The first-order valence-electron chi connectivity index (χ1n) is 15.6. The molecule has 0 amide bonds. The molecule has 0 atom stereocenters. The summed E-state index contributed by atoms with van der Waals surface area (Å²) in [5.41, 5.74) is 11.7. The van der Waals surface area contributed by atoms with Crippen molar-refractivity contribution in [1.29, 1.82) is 0 Å². The smallest absolute Gasteiger partial charge is 0.0462 e. The number of hydrogen-bond acceptors (Lipinski definition) is 1. The molecule has 0 saturated heterocycles. The average Bonchev–Trinajstić information content (AvgIpc) is 3.09. The van der Waals surface area contributed by atoms with Gasteiger partial charge >= 0.3 is 0 Å². The van der Waals surface area contributed by atoms with Crippen molar-refractivity contribution in [3.05, 3.63) is 160 Å². The summed E-state index contributed by atoms with van der Waals surface area (Å²) in [6.07, 6.45) is 4.89. The van der Waals surface area contributed by atoms with E-state index < -0.39 is 0 Å². The van der Waals surface area contributed by atoms with Crippen LogP contribution in [-0.4, -0.2) is 0 Å². The maximum atomic E-state index is 3.60. The number of hydrogen-bond donors (Lipinski definition) is 0. The molecule has 8 rings (SSSR count). The standard InChI is InChI=1S/C42H31Br2N/c43-30-18-24-33(25-19-30)45(34-26-20-31(44)21-27-34)32-22-16-29(17-23-32)41-37-11-3-5-13-39(37)42(40-14-6-4-12-38(40)41)36-15-7-9-28-8-1-2-10-35(28)36/h3-7,9,11-27H,1-2,8,10H2. The minimum atomic E-state index is 1.07. The van der Waals surface area contributed by atoms with Gasteiger partial charge in [-0.15, -0.1) is 0 Å². The Morgan fingerprint density at radius 2 is 0.889 bits per heavy atom. The average molecular weight is 710 g/mol. The van der Waals surface area contributed by atoms with E-state index in [0.29, 0.717) is 0 Å². The summed E-state index contributed by atoms with van der Waals surface area (Å²) in [7, 11) is 0. The second-order valence-electron chi connectivity index (χ2n) is 11.8. The van der Waals surface area contributed by atoms with Gasteiger partial charge in [0, 0.05) is 26.0 Å². The Morgan fingerprint density at radius 1 is 0.422 bits per heavy atom. The molecule has 0 saturated carbocycles. The van der Waals surface area contributed by atoms with Crippen LogP contribution in [0.15, 0.2) is 148 Å². The van der Waals surface area contributed by atoms with Crippen molar-refractivity contribution in [2.75, 3.05) is 4.90 Å². The van der Waals surface area contributed by atoms with Crippen LogP contribution in [0.25, 0.3) is 43.8 Å². The number of fused-ring (bicyclic) bond motifs is 3. The van der Waals surface area contributed by atoms with E-state index in [2.05, 4.69) is 176 Å². The summed E-state index contributed by atoms with van der Waals surface area (Å²) in [6, 6.07) is 51.0. The molecule has 0 aliphatic heterocycles. The molecule has 0 radical (unpaired) electrons. The van der Waals surface area contributed by atoms with Gasteiger partial charge in [-0.1, -0.05) is 111 Å². The molecule has 1 nitrogen and oxygen atoms in total. The molecule has 1 aliphatic carbocycles. The number of halogens is 2. The zero-order valence-electron chi connectivity index (χ0n) is 24.8. The highest BCUT2D eigenvalue weighted by molar-refractivity contribution is 9.10.